The van der Waals surface area contributed by atoms with Gasteiger partial charge in [0.2, 0.25) is 11.8 Å². The third-order valence-electron chi connectivity index (χ3n) is 7.90. The first-order valence-electron chi connectivity index (χ1n) is 11.4. The second-order valence-electron chi connectivity index (χ2n) is 9.88. The molecule has 0 spiro atoms. The van der Waals surface area contributed by atoms with Gasteiger partial charge in [-0.25, -0.2) is 0 Å². The molecule has 4 bridgehead atoms. The monoisotopic (exact) mass is 436 g/mol. The molecule has 1 aromatic rings. The van der Waals surface area contributed by atoms with Gasteiger partial charge in [-0.3, -0.25) is 9.59 Å². The van der Waals surface area contributed by atoms with Crippen molar-refractivity contribution in [2.45, 2.75) is 64.1 Å². The highest BCUT2D eigenvalue weighted by Crippen LogP contribution is 2.49. The van der Waals surface area contributed by atoms with Gasteiger partial charge in [-0.2, -0.15) is 13.2 Å². The fraction of sp³-hybridized carbons (Fsp3) is 0.667. The summed E-state index contributed by atoms with van der Waals surface area (Å²) in [5, 5.41) is 2.80. The van der Waals surface area contributed by atoms with E-state index in [2.05, 4.69) is 5.32 Å². The molecule has 31 heavy (non-hydrogen) atoms. The molecule has 4 saturated carbocycles. The third-order valence-corrected chi connectivity index (χ3v) is 7.90. The van der Waals surface area contributed by atoms with Gasteiger partial charge in [0.05, 0.1) is 5.56 Å². The highest BCUT2D eigenvalue weighted by atomic mass is 19.4. The average Bonchev–Trinajstić information content (AvgIpc) is 3.53. The third kappa shape index (κ3) is 5.07. The van der Waals surface area contributed by atoms with Crippen LogP contribution >= 0.6 is 0 Å². The number of carbonyl (C=O) groups is 2. The molecule has 4 nitrogen and oxygen atoms in total. The van der Waals surface area contributed by atoms with Gasteiger partial charge >= 0.3 is 6.18 Å². The van der Waals surface area contributed by atoms with Gasteiger partial charge in [0.15, 0.2) is 0 Å². The minimum atomic E-state index is -4.34. The van der Waals surface area contributed by atoms with Crippen molar-refractivity contribution in [3.8, 4) is 0 Å². The first kappa shape index (κ1) is 22.2. The summed E-state index contributed by atoms with van der Waals surface area (Å²) in [6.07, 6.45) is 5.03. The molecule has 3 N–H and O–H groups in total. The number of hydrogen-bond acceptors (Lipinski definition) is 2. The number of nitrogens with two attached hydrogens (primary N) is 1. The molecular weight excluding hydrogens is 405 g/mol. The summed E-state index contributed by atoms with van der Waals surface area (Å²) in [5.74, 6) is 2.89. The Morgan fingerprint density at radius 3 is 2.00 bits per heavy atom. The van der Waals surface area contributed by atoms with Crippen LogP contribution in [0.1, 0.15) is 62.5 Å². The molecule has 4 aliphatic carbocycles. The van der Waals surface area contributed by atoms with Gasteiger partial charge < -0.3 is 11.1 Å². The van der Waals surface area contributed by atoms with Crippen molar-refractivity contribution >= 4 is 11.8 Å². The van der Waals surface area contributed by atoms with Gasteiger partial charge in [-0.05, 0) is 79.9 Å². The van der Waals surface area contributed by atoms with E-state index >= 15 is 0 Å². The van der Waals surface area contributed by atoms with Crippen molar-refractivity contribution in [1.82, 2.24) is 5.32 Å². The van der Waals surface area contributed by atoms with E-state index in [1.165, 1.54) is 31.7 Å². The maximum atomic E-state index is 12.6. The molecule has 0 aromatic heterocycles. The maximum absolute atomic E-state index is 12.6. The molecule has 0 heterocycles. The second kappa shape index (κ2) is 8.83. The molecule has 4 aliphatic rings. The van der Waals surface area contributed by atoms with Crippen LogP contribution < -0.4 is 11.1 Å². The standard InChI is InChI=1S/C16H18F3NO.C8H13NO/c17-16(18,19)13-3-1-2-11(7-13)9-20-15(21)14-8-10-4-5-12(14)6-10;9-8(10)7-4-5-1-2-6(7)3-5/h1-3,7,10,12,14H,4-6,8-9H2,(H,20,21);5-7H,1-4H2,(H2,9,10)/t10-,12+,14+;/m0./s1. The number of rotatable bonds is 4. The van der Waals surface area contributed by atoms with Gasteiger partial charge in [-0.15, -0.1) is 0 Å². The zero-order valence-electron chi connectivity index (χ0n) is 17.7. The van der Waals surface area contributed by atoms with Crippen molar-refractivity contribution in [3.05, 3.63) is 35.4 Å². The molecule has 3 unspecified atom stereocenters. The highest BCUT2D eigenvalue weighted by molar-refractivity contribution is 5.79. The number of amides is 2. The maximum Gasteiger partial charge on any atom is 0.416 e. The molecule has 2 amide bonds. The summed E-state index contributed by atoms with van der Waals surface area (Å²) in [4.78, 5) is 23.0. The van der Waals surface area contributed by atoms with Crippen LogP contribution in [-0.2, 0) is 22.3 Å². The predicted octanol–water partition coefficient (Wildman–Crippen LogP) is 4.67. The summed E-state index contributed by atoms with van der Waals surface area (Å²) in [6.45, 7) is 0.163. The number of nitrogens with one attached hydrogen (secondary N) is 1. The molecule has 1 aromatic carbocycles. The Morgan fingerprint density at radius 1 is 0.935 bits per heavy atom. The van der Waals surface area contributed by atoms with Crippen molar-refractivity contribution in [1.29, 1.82) is 0 Å². The fourth-order valence-electron chi connectivity index (χ4n) is 6.34. The van der Waals surface area contributed by atoms with E-state index in [0.717, 1.165) is 43.7 Å². The van der Waals surface area contributed by atoms with Crippen LogP contribution in [0.25, 0.3) is 0 Å². The number of fused-ring (bicyclic) bond motifs is 4. The molecule has 7 heteroatoms. The quantitative estimate of drug-likeness (QED) is 0.720. The van der Waals surface area contributed by atoms with Crippen molar-refractivity contribution in [2.75, 3.05) is 0 Å². The van der Waals surface area contributed by atoms with E-state index in [-0.39, 0.29) is 30.2 Å². The van der Waals surface area contributed by atoms with Crippen LogP contribution in [-0.4, -0.2) is 11.8 Å². The topological polar surface area (TPSA) is 72.2 Å². The van der Waals surface area contributed by atoms with Gasteiger partial charge in [0.25, 0.3) is 0 Å². The van der Waals surface area contributed by atoms with Crippen LogP contribution in [0.3, 0.4) is 0 Å². The summed E-state index contributed by atoms with van der Waals surface area (Å²) in [7, 11) is 0. The molecule has 6 atom stereocenters. The number of benzene rings is 1. The highest BCUT2D eigenvalue weighted by Gasteiger charge is 2.43. The second-order valence-corrected chi connectivity index (χ2v) is 9.88. The van der Waals surface area contributed by atoms with E-state index in [9.17, 15) is 22.8 Å². The van der Waals surface area contributed by atoms with E-state index in [1.807, 2.05) is 0 Å². The van der Waals surface area contributed by atoms with Crippen molar-refractivity contribution < 1.29 is 22.8 Å². The summed E-state index contributed by atoms with van der Waals surface area (Å²) < 4.78 is 37.9. The lowest BCUT2D eigenvalue weighted by atomic mass is 9.88. The normalized spacial score (nSPS) is 33.1. The number of carbonyl (C=O) groups excluding carboxylic acids is 2. The molecule has 5 rings (SSSR count). The Labute approximate surface area is 181 Å². The average molecular weight is 437 g/mol. The minimum absolute atomic E-state index is 0.000360. The molecule has 0 saturated heterocycles. The lowest BCUT2D eigenvalue weighted by molar-refractivity contribution is -0.137. The first-order chi connectivity index (χ1) is 14.7. The summed E-state index contributed by atoms with van der Waals surface area (Å²) >= 11 is 0. The SMILES string of the molecule is NC(=O)C1CC2CCC1C2.O=C(NCc1cccc(C(F)(F)F)c1)[C@@H]1C[C@H]2CC[C@@H]1C2. The smallest absolute Gasteiger partial charge is 0.369 e. The first-order valence-corrected chi connectivity index (χ1v) is 11.4. The minimum Gasteiger partial charge on any atom is -0.369 e. The Kier molecular flexibility index (Phi) is 6.31. The largest absolute Gasteiger partial charge is 0.416 e. The van der Waals surface area contributed by atoms with Crippen molar-refractivity contribution in [3.63, 3.8) is 0 Å². The van der Waals surface area contributed by atoms with Gasteiger partial charge in [-0.1, -0.05) is 25.0 Å². The summed E-state index contributed by atoms with van der Waals surface area (Å²) in [6, 6.07) is 5.13. The number of halogens is 3. The molecule has 4 fully saturated rings. The van der Waals surface area contributed by atoms with Crippen LogP contribution in [0.15, 0.2) is 24.3 Å². The fourth-order valence-corrected chi connectivity index (χ4v) is 6.34. The molecular formula is C24H31F3N2O2. The van der Waals surface area contributed by atoms with Crippen LogP contribution in [0.5, 0.6) is 0 Å². The molecule has 0 aliphatic heterocycles. The number of hydrogen-bond donors (Lipinski definition) is 2. The van der Waals surface area contributed by atoms with Crippen LogP contribution in [0, 0.1) is 35.5 Å². The van der Waals surface area contributed by atoms with E-state index in [1.54, 1.807) is 6.07 Å². The number of primary amides is 1. The van der Waals surface area contributed by atoms with Gasteiger partial charge in [0, 0.05) is 18.4 Å². The van der Waals surface area contributed by atoms with E-state index in [4.69, 9.17) is 5.73 Å². The van der Waals surface area contributed by atoms with E-state index in [0.29, 0.717) is 23.3 Å². The lowest BCUT2D eigenvalue weighted by Gasteiger charge is -2.20. The Balaban J connectivity index is 0.000000192. The van der Waals surface area contributed by atoms with Gasteiger partial charge in [0.1, 0.15) is 0 Å². The zero-order valence-corrected chi connectivity index (χ0v) is 17.7. The van der Waals surface area contributed by atoms with Crippen molar-refractivity contribution in [2.24, 2.45) is 41.2 Å². The van der Waals surface area contributed by atoms with Crippen LogP contribution in [0.4, 0.5) is 13.2 Å². The predicted molar refractivity (Wildman–Crippen MR) is 110 cm³/mol. The number of alkyl halides is 3. The van der Waals surface area contributed by atoms with E-state index < -0.39 is 11.7 Å². The molecule has 170 valence electrons. The zero-order chi connectivity index (χ0) is 22.2. The molecule has 0 radical (unpaired) electrons. The lowest BCUT2D eigenvalue weighted by Crippen LogP contribution is -2.33. The summed E-state index contributed by atoms with van der Waals surface area (Å²) in [5.41, 5.74) is 5.06. The Bertz CT molecular complexity index is 825. The Hall–Kier alpha value is -2.05. The van der Waals surface area contributed by atoms with Crippen LogP contribution in [0.2, 0.25) is 0 Å². The Morgan fingerprint density at radius 2 is 1.55 bits per heavy atom.